The van der Waals surface area contributed by atoms with Gasteiger partial charge in [0.25, 0.3) is 6.20 Å². The van der Waals surface area contributed by atoms with Gasteiger partial charge >= 0.3 is 0 Å². The van der Waals surface area contributed by atoms with E-state index >= 15 is 0 Å². The largest absolute Gasteiger partial charge is 0.588 e. The van der Waals surface area contributed by atoms with E-state index in [0.717, 1.165) is 18.1 Å². The second-order valence-electron chi connectivity index (χ2n) is 5.55. The lowest BCUT2D eigenvalue weighted by atomic mass is 10.1. The molecule has 0 atom stereocenters. The van der Waals surface area contributed by atoms with Crippen LogP contribution in [0, 0.1) is 5.92 Å². The van der Waals surface area contributed by atoms with E-state index in [1.54, 1.807) is 24.8 Å². The van der Waals surface area contributed by atoms with Crippen molar-refractivity contribution in [2.24, 2.45) is 5.92 Å². The molecule has 2 rings (SSSR count). The minimum Gasteiger partial charge on any atom is -0.588 e. The average molecular weight is 284 g/mol. The van der Waals surface area contributed by atoms with Gasteiger partial charge in [-0.15, -0.1) is 5.01 Å². The highest BCUT2D eigenvalue weighted by Gasteiger charge is 2.37. The van der Waals surface area contributed by atoms with E-state index in [0.29, 0.717) is 0 Å². The first-order valence-corrected chi connectivity index (χ1v) is 7.55. The van der Waals surface area contributed by atoms with E-state index in [2.05, 4.69) is 29.4 Å². The summed E-state index contributed by atoms with van der Waals surface area (Å²) in [7, 11) is 0. The molecule has 1 fully saturated rings. The zero-order valence-corrected chi connectivity index (χ0v) is 12.6. The van der Waals surface area contributed by atoms with Crippen LogP contribution in [0.4, 0.5) is 5.88 Å². The van der Waals surface area contributed by atoms with Crippen LogP contribution >= 0.6 is 11.8 Å². The van der Waals surface area contributed by atoms with Crippen LogP contribution in [0.1, 0.15) is 27.7 Å². The zero-order valence-electron chi connectivity index (χ0n) is 11.8. The van der Waals surface area contributed by atoms with Crippen molar-refractivity contribution in [1.29, 1.82) is 0 Å². The van der Waals surface area contributed by atoms with Crippen LogP contribution in [-0.4, -0.2) is 34.8 Å². The standard InChI is InChI=1S/C12H20N4O2S/c1-9(2)11(17)13-10-7-16(14-18-10)15-5-6-19-8-12(15,3)4/h7,9H,5-6,8H2,1-4H3. The van der Waals surface area contributed by atoms with Gasteiger partial charge in [0.1, 0.15) is 11.4 Å². The monoisotopic (exact) mass is 284 g/mol. The van der Waals surface area contributed by atoms with Gasteiger partial charge in [0.2, 0.25) is 5.27 Å². The van der Waals surface area contributed by atoms with Crippen LogP contribution in [0.15, 0.2) is 10.7 Å². The molecule has 7 heteroatoms. The van der Waals surface area contributed by atoms with Gasteiger partial charge < -0.3 is 14.6 Å². The highest BCUT2D eigenvalue weighted by Crippen LogP contribution is 2.23. The van der Waals surface area contributed by atoms with Gasteiger partial charge in [-0.1, -0.05) is 13.8 Å². The predicted octanol–water partition coefficient (Wildman–Crippen LogP) is 1.61. The van der Waals surface area contributed by atoms with E-state index in [4.69, 9.17) is 4.52 Å². The number of carbonyl (C=O) groups is 1. The molecule has 0 N–H and O–H groups in total. The molecule has 0 radical (unpaired) electrons. The Balaban J connectivity index is 2.10. The van der Waals surface area contributed by atoms with Gasteiger partial charge in [-0.3, -0.25) is 0 Å². The van der Waals surface area contributed by atoms with Crippen molar-refractivity contribution < 1.29 is 14.1 Å². The Bertz CT molecular complexity index is 458. The molecule has 0 aliphatic carbocycles. The molecular formula is C12H20N4O2S. The third-order valence-electron chi connectivity index (χ3n) is 3.01. The maximum atomic E-state index is 11.5. The van der Waals surface area contributed by atoms with Crippen molar-refractivity contribution >= 4 is 23.6 Å². The minimum absolute atomic E-state index is 0.00375. The number of rotatable bonds is 3. The zero-order chi connectivity index (χ0) is 14.0. The molecule has 0 saturated carbocycles. The topological polar surface area (TPSA) is 64.3 Å². The predicted molar refractivity (Wildman–Crippen MR) is 74.1 cm³/mol. The van der Waals surface area contributed by atoms with E-state index in [1.807, 2.05) is 11.8 Å². The fourth-order valence-electron chi connectivity index (χ4n) is 1.86. The molecule has 1 saturated heterocycles. The number of thioether (sulfide) groups is 1. The summed E-state index contributed by atoms with van der Waals surface area (Å²) in [4.78, 5) is 13.2. The number of carbonyl (C=O) groups excluding carboxylic acids is 1. The first-order valence-electron chi connectivity index (χ1n) is 6.40. The molecule has 0 bridgehead atoms. The number of hydrogen-bond acceptors (Lipinski definition) is 5. The van der Waals surface area contributed by atoms with E-state index in [-0.39, 0.29) is 23.2 Å². The molecule has 19 heavy (non-hydrogen) atoms. The number of hydrogen-bond donors (Lipinski definition) is 0. The molecule has 1 amide bonds. The molecule has 1 aliphatic heterocycles. The van der Waals surface area contributed by atoms with Crippen LogP contribution in [0.2, 0.25) is 0 Å². The van der Waals surface area contributed by atoms with Crippen molar-refractivity contribution in [3.8, 4) is 0 Å². The third kappa shape index (κ3) is 3.20. The highest BCUT2D eigenvalue weighted by molar-refractivity contribution is 7.99. The third-order valence-corrected chi connectivity index (χ3v) is 4.39. The maximum absolute atomic E-state index is 11.5. The molecule has 0 aromatic carbocycles. The van der Waals surface area contributed by atoms with Crippen LogP contribution in [0.25, 0.3) is 5.32 Å². The fraction of sp³-hybridized carbons (Fsp3) is 0.750. The van der Waals surface area contributed by atoms with E-state index < -0.39 is 0 Å². The Morgan fingerprint density at radius 1 is 1.63 bits per heavy atom. The SMILES string of the molecule is CC(C)C(=O)[N-]c1c[n+](N2CCSCC2(C)C)no1. The van der Waals surface area contributed by atoms with Crippen molar-refractivity contribution in [2.75, 3.05) is 23.1 Å². The molecule has 0 unspecified atom stereocenters. The second-order valence-corrected chi connectivity index (χ2v) is 6.66. The molecule has 6 nitrogen and oxygen atoms in total. The van der Waals surface area contributed by atoms with Gasteiger partial charge in [0.15, 0.2) is 0 Å². The normalized spacial score (nSPS) is 18.7. The Hall–Kier alpha value is -1.24. The Morgan fingerprint density at radius 3 is 3.00 bits per heavy atom. The fourth-order valence-corrected chi connectivity index (χ4v) is 2.96. The molecule has 106 valence electrons. The van der Waals surface area contributed by atoms with E-state index in [1.165, 1.54) is 0 Å². The lowest BCUT2D eigenvalue weighted by Crippen LogP contribution is -2.70. The maximum Gasteiger partial charge on any atom is 0.257 e. The van der Waals surface area contributed by atoms with Crippen molar-refractivity contribution in [3.63, 3.8) is 0 Å². The molecular weight excluding hydrogens is 264 g/mol. The first kappa shape index (κ1) is 14.2. The number of nitrogens with zero attached hydrogens (tertiary/aromatic N) is 4. The molecule has 1 aromatic heterocycles. The Labute approximate surface area is 117 Å². The molecule has 0 spiro atoms. The number of amides is 1. The van der Waals surface area contributed by atoms with Gasteiger partial charge in [0, 0.05) is 11.5 Å². The van der Waals surface area contributed by atoms with Crippen molar-refractivity contribution in [2.45, 2.75) is 33.2 Å². The first-order chi connectivity index (χ1) is 8.90. The van der Waals surface area contributed by atoms with Gasteiger partial charge in [-0.05, 0) is 19.8 Å². The molecule has 1 aliphatic rings. The van der Waals surface area contributed by atoms with Crippen LogP contribution < -0.4 is 9.80 Å². The lowest BCUT2D eigenvalue weighted by Gasteiger charge is -2.35. The van der Waals surface area contributed by atoms with Crippen molar-refractivity contribution in [3.05, 3.63) is 11.5 Å². The molecule has 1 aromatic rings. The van der Waals surface area contributed by atoms with Gasteiger partial charge in [0.05, 0.1) is 17.2 Å². The number of aromatic nitrogens is 2. The molecule has 2 heterocycles. The quantitative estimate of drug-likeness (QED) is 0.789. The van der Waals surface area contributed by atoms with Crippen LogP contribution in [0.5, 0.6) is 0 Å². The smallest absolute Gasteiger partial charge is 0.257 e. The summed E-state index contributed by atoms with van der Waals surface area (Å²) in [6, 6.07) is 0. The van der Waals surface area contributed by atoms with Gasteiger partial charge in [-0.2, -0.15) is 11.8 Å². The minimum atomic E-state index is -0.197. The summed E-state index contributed by atoms with van der Waals surface area (Å²) in [5.41, 5.74) is 0.00375. The average Bonchev–Trinajstić information content (AvgIpc) is 2.76. The van der Waals surface area contributed by atoms with Crippen LogP contribution in [-0.2, 0) is 4.79 Å². The highest BCUT2D eigenvalue weighted by atomic mass is 32.2. The Kier molecular flexibility index (Phi) is 4.03. The summed E-state index contributed by atoms with van der Waals surface area (Å²) in [5, 5.41) is 9.99. The second kappa shape index (κ2) is 5.40. The lowest BCUT2D eigenvalue weighted by molar-refractivity contribution is -0.764. The summed E-state index contributed by atoms with van der Waals surface area (Å²) in [5.74, 6) is 2.01. The summed E-state index contributed by atoms with van der Waals surface area (Å²) in [6.45, 7) is 8.84. The summed E-state index contributed by atoms with van der Waals surface area (Å²) < 4.78 is 5.11. The summed E-state index contributed by atoms with van der Waals surface area (Å²) >= 11 is 1.93. The Morgan fingerprint density at radius 2 is 2.37 bits per heavy atom. The van der Waals surface area contributed by atoms with Crippen molar-refractivity contribution in [1.82, 2.24) is 5.27 Å². The van der Waals surface area contributed by atoms with Crippen LogP contribution in [0.3, 0.4) is 0 Å². The van der Waals surface area contributed by atoms with Gasteiger partial charge in [-0.25, -0.2) is 0 Å². The van der Waals surface area contributed by atoms with E-state index in [9.17, 15) is 4.79 Å². The summed E-state index contributed by atoms with van der Waals surface area (Å²) in [6.07, 6.45) is 1.66.